The molecule has 0 radical (unpaired) electrons. The highest BCUT2D eigenvalue weighted by Gasteiger charge is 2.49. The standard InChI is InChI=1S/C7H13N/c1-4-2-5-3-6(8)7(4)5/h4-7H,2-3,8H2,1H3. The summed E-state index contributed by atoms with van der Waals surface area (Å²) in [5.41, 5.74) is 5.75. The van der Waals surface area contributed by atoms with E-state index in [0.29, 0.717) is 6.04 Å². The maximum atomic E-state index is 5.75. The normalized spacial score (nSPS) is 60.8. The molecule has 0 aromatic heterocycles. The van der Waals surface area contributed by atoms with Gasteiger partial charge in [0.2, 0.25) is 0 Å². The maximum Gasteiger partial charge on any atom is 0.00751 e. The van der Waals surface area contributed by atoms with Crippen LogP contribution in [0, 0.1) is 17.8 Å². The largest absolute Gasteiger partial charge is 0.327 e. The van der Waals surface area contributed by atoms with E-state index in [-0.39, 0.29) is 0 Å². The van der Waals surface area contributed by atoms with Crippen molar-refractivity contribution < 1.29 is 0 Å². The fraction of sp³-hybridized carbons (Fsp3) is 1.00. The highest BCUT2D eigenvalue weighted by molar-refractivity contribution is 5.02. The van der Waals surface area contributed by atoms with Crippen LogP contribution in [0.25, 0.3) is 0 Å². The molecule has 2 aliphatic carbocycles. The second kappa shape index (κ2) is 1.27. The Labute approximate surface area is 50.3 Å². The predicted octanol–water partition coefficient (Wildman–Crippen LogP) is 0.990. The number of rotatable bonds is 0. The van der Waals surface area contributed by atoms with Crippen LogP contribution in [0.2, 0.25) is 0 Å². The third-order valence-corrected chi connectivity index (χ3v) is 2.95. The Morgan fingerprint density at radius 3 is 2.38 bits per heavy atom. The Morgan fingerprint density at radius 1 is 1.38 bits per heavy atom. The molecule has 2 fully saturated rings. The summed E-state index contributed by atoms with van der Waals surface area (Å²) in [6.07, 6.45) is 2.77. The molecular weight excluding hydrogens is 98.1 g/mol. The molecule has 2 N–H and O–H groups in total. The van der Waals surface area contributed by atoms with Crippen molar-refractivity contribution in [3.05, 3.63) is 0 Å². The highest BCUT2D eigenvalue weighted by Crippen LogP contribution is 2.52. The highest BCUT2D eigenvalue weighted by atomic mass is 14.8. The molecule has 0 spiro atoms. The second-order valence-electron chi connectivity index (χ2n) is 3.45. The lowest BCUT2D eigenvalue weighted by atomic mass is 9.51. The molecule has 2 saturated carbocycles. The molecule has 1 heteroatoms. The third kappa shape index (κ3) is 0.368. The van der Waals surface area contributed by atoms with Gasteiger partial charge in [-0.2, -0.15) is 0 Å². The molecule has 0 amide bonds. The molecular formula is C7H13N. The first-order valence-electron chi connectivity index (χ1n) is 3.54. The molecule has 0 bridgehead atoms. The van der Waals surface area contributed by atoms with E-state index in [1.807, 2.05) is 0 Å². The van der Waals surface area contributed by atoms with E-state index in [2.05, 4.69) is 6.92 Å². The van der Waals surface area contributed by atoms with Gasteiger partial charge in [-0.05, 0) is 30.6 Å². The van der Waals surface area contributed by atoms with Gasteiger partial charge >= 0.3 is 0 Å². The minimum absolute atomic E-state index is 0.573. The maximum absolute atomic E-state index is 5.75. The minimum Gasteiger partial charge on any atom is -0.327 e. The van der Waals surface area contributed by atoms with Gasteiger partial charge < -0.3 is 5.73 Å². The zero-order valence-electron chi connectivity index (χ0n) is 5.30. The first-order valence-corrected chi connectivity index (χ1v) is 3.54. The summed E-state index contributed by atoms with van der Waals surface area (Å²) in [7, 11) is 0. The Morgan fingerprint density at radius 2 is 2.12 bits per heavy atom. The zero-order chi connectivity index (χ0) is 5.72. The van der Waals surface area contributed by atoms with Gasteiger partial charge in [-0.15, -0.1) is 0 Å². The van der Waals surface area contributed by atoms with Crippen LogP contribution in [0.4, 0.5) is 0 Å². The second-order valence-corrected chi connectivity index (χ2v) is 3.45. The minimum atomic E-state index is 0.573. The smallest absolute Gasteiger partial charge is 0.00751 e. The van der Waals surface area contributed by atoms with Crippen LogP contribution in [-0.4, -0.2) is 6.04 Å². The summed E-state index contributed by atoms with van der Waals surface area (Å²) in [5, 5.41) is 0. The van der Waals surface area contributed by atoms with Crippen LogP contribution in [0.3, 0.4) is 0 Å². The van der Waals surface area contributed by atoms with Crippen molar-refractivity contribution in [1.29, 1.82) is 0 Å². The van der Waals surface area contributed by atoms with Gasteiger partial charge in [0.1, 0.15) is 0 Å². The van der Waals surface area contributed by atoms with E-state index in [0.717, 1.165) is 17.8 Å². The van der Waals surface area contributed by atoms with E-state index in [9.17, 15) is 0 Å². The van der Waals surface area contributed by atoms with Gasteiger partial charge in [-0.25, -0.2) is 0 Å². The quantitative estimate of drug-likeness (QED) is 0.495. The fourth-order valence-corrected chi connectivity index (χ4v) is 2.40. The summed E-state index contributed by atoms with van der Waals surface area (Å²) in [6, 6.07) is 0.573. The van der Waals surface area contributed by atoms with Crippen molar-refractivity contribution in [3.8, 4) is 0 Å². The Balaban J connectivity index is 1.99. The zero-order valence-corrected chi connectivity index (χ0v) is 5.30. The van der Waals surface area contributed by atoms with Gasteiger partial charge in [0, 0.05) is 6.04 Å². The van der Waals surface area contributed by atoms with E-state index < -0.39 is 0 Å². The van der Waals surface area contributed by atoms with Crippen LogP contribution in [0.1, 0.15) is 19.8 Å². The SMILES string of the molecule is CC1CC2CC(N)C12. The Bertz CT molecular complexity index is 92.2. The number of hydrogen-bond acceptors (Lipinski definition) is 1. The average Bonchev–Trinajstić information content (AvgIpc) is 1.63. The van der Waals surface area contributed by atoms with E-state index >= 15 is 0 Å². The van der Waals surface area contributed by atoms with E-state index in [1.54, 1.807) is 0 Å². The van der Waals surface area contributed by atoms with E-state index in [1.165, 1.54) is 12.8 Å². The van der Waals surface area contributed by atoms with Crippen LogP contribution >= 0.6 is 0 Å². The van der Waals surface area contributed by atoms with Gasteiger partial charge in [0.05, 0.1) is 0 Å². The summed E-state index contributed by atoms with van der Waals surface area (Å²) >= 11 is 0. The Hall–Kier alpha value is -0.0400. The fourth-order valence-electron chi connectivity index (χ4n) is 2.40. The molecule has 1 nitrogen and oxygen atoms in total. The van der Waals surface area contributed by atoms with Crippen LogP contribution in [0.15, 0.2) is 0 Å². The molecule has 0 saturated heterocycles. The number of nitrogens with two attached hydrogens (primary N) is 1. The van der Waals surface area contributed by atoms with Gasteiger partial charge in [-0.3, -0.25) is 0 Å². The molecule has 8 heavy (non-hydrogen) atoms. The van der Waals surface area contributed by atoms with Crippen LogP contribution < -0.4 is 5.73 Å². The van der Waals surface area contributed by atoms with Crippen LogP contribution in [-0.2, 0) is 0 Å². The summed E-state index contributed by atoms with van der Waals surface area (Å²) < 4.78 is 0. The number of hydrogen-bond donors (Lipinski definition) is 1. The molecule has 0 aromatic rings. The summed E-state index contributed by atoms with van der Waals surface area (Å²) in [5.74, 6) is 2.92. The third-order valence-electron chi connectivity index (χ3n) is 2.95. The van der Waals surface area contributed by atoms with Crippen molar-refractivity contribution >= 4 is 0 Å². The average molecular weight is 111 g/mol. The lowest BCUT2D eigenvalue weighted by Gasteiger charge is -2.56. The molecule has 46 valence electrons. The first-order chi connectivity index (χ1) is 3.79. The van der Waals surface area contributed by atoms with Crippen molar-refractivity contribution in [2.45, 2.75) is 25.8 Å². The predicted molar refractivity (Wildman–Crippen MR) is 33.4 cm³/mol. The molecule has 0 aliphatic heterocycles. The molecule has 0 heterocycles. The van der Waals surface area contributed by atoms with Crippen molar-refractivity contribution in [1.82, 2.24) is 0 Å². The van der Waals surface area contributed by atoms with Gasteiger partial charge in [0.25, 0.3) is 0 Å². The molecule has 0 aromatic carbocycles. The lowest BCUT2D eigenvalue weighted by molar-refractivity contribution is -0.0371. The lowest BCUT2D eigenvalue weighted by Crippen LogP contribution is -2.57. The molecule has 4 atom stereocenters. The Kier molecular flexibility index (Phi) is 0.762. The first kappa shape index (κ1) is 4.80. The summed E-state index contributed by atoms with van der Waals surface area (Å²) in [6.45, 7) is 2.32. The van der Waals surface area contributed by atoms with Crippen LogP contribution in [0.5, 0.6) is 0 Å². The van der Waals surface area contributed by atoms with Crippen molar-refractivity contribution in [2.75, 3.05) is 0 Å². The van der Waals surface area contributed by atoms with Gasteiger partial charge in [0.15, 0.2) is 0 Å². The molecule has 2 rings (SSSR count). The number of fused-ring (bicyclic) bond motifs is 1. The molecule has 2 aliphatic rings. The van der Waals surface area contributed by atoms with Gasteiger partial charge in [-0.1, -0.05) is 6.92 Å². The van der Waals surface area contributed by atoms with Crippen molar-refractivity contribution in [3.63, 3.8) is 0 Å². The molecule has 4 unspecified atom stereocenters. The topological polar surface area (TPSA) is 26.0 Å². The monoisotopic (exact) mass is 111 g/mol. The summed E-state index contributed by atoms with van der Waals surface area (Å²) in [4.78, 5) is 0. The van der Waals surface area contributed by atoms with Crippen molar-refractivity contribution in [2.24, 2.45) is 23.5 Å². The van der Waals surface area contributed by atoms with E-state index in [4.69, 9.17) is 5.73 Å².